The summed E-state index contributed by atoms with van der Waals surface area (Å²) in [5, 5.41) is 0. The van der Waals surface area contributed by atoms with Crippen LogP contribution >= 0.6 is 34.7 Å². The minimum atomic E-state index is -0.608. The molecule has 0 spiro atoms. The molecule has 1 N–H and O–H groups in total. The van der Waals surface area contributed by atoms with Gasteiger partial charge in [0.15, 0.2) is 0 Å². The standard InChI is InChI=1S/C4H11I2N/c1-3-4-7-6(2)5/h7H,3-4H2,1-2H3. The summed E-state index contributed by atoms with van der Waals surface area (Å²) in [4.78, 5) is 2.31. The van der Waals surface area contributed by atoms with Crippen molar-refractivity contribution >= 4 is 34.7 Å². The third kappa shape index (κ3) is 7.42. The summed E-state index contributed by atoms with van der Waals surface area (Å²) in [7, 11) is 0. The van der Waals surface area contributed by atoms with Crippen LogP contribution in [0.3, 0.4) is 0 Å². The Morgan fingerprint density at radius 3 is 2.43 bits per heavy atom. The summed E-state index contributed by atoms with van der Waals surface area (Å²) in [6.45, 7) is 3.41. The molecule has 0 aromatic rings. The van der Waals surface area contributed by atoms with Gasteiger partial charge in [-0.3, -0.25) is 0 Å². The fraction of sp³-hybridized carbons (Fsp3) is 1.00. The molecule has 0 saturated heterocycles. The van der Waals surface area contributed by atoms with Crippen molar-refractivity contribution in [3.05, 3.63) is 0 Å². The quantitative estimate of drug-likeness (QED) is 0.477. The molecule has 0 rings (SSSR count). The van der Waals surface area contributed by atoms with Gasteiger partial charge in [0.05, 0.1) is 0 Å². The monoisotopic (exact) mass is 327 g/mol. The fourth-order valence-corrected chi connectivity index (χ4v) is 2.87. The van der Waals surface area contributed by atoms with E-state index in [9.17, 15) is 0 Å². The third-order valence-electron chi connectivity index (χ3n) is 0.529. The van der Waals surface area contributed by atoms with E-state index in [-0.39, 0.29) is 0 Å². The van der Waals surface area contributed by atoms with Gasteiger partial charge in [-0.05, 0) is 0 Å². The normalized spacial score (nSPS) is 11.6. The van der Waals surface area contributed by atoms with Crippen molar-refractivity contribution in [3.63, 3.8) is 0 Å². The molecule has 0 aliphatic carbocycles. The maximum absolute atomic E-state index is 3.44. The van der Waals surface area contributed by atoms with Crippen LogP contribution in [0.1, 0.15) is 13.3 Å². The number of hydrogen-bond donors (Lipinski definition) is 1. The van der Waals surface area contributed by atoms with E-state index < -0.39 is 16.1 Å². The van der Waals surface area contributed by atoms with Gasteiger partial charge in [0, 0.05) is 0 Å². The van der Waals surface area contributed by atoms with Crippen LogP contribution in [0.15, 0.2) is 0 Å². The van der Waals surface area contributed by atoms with Crippen molar-refractivity contribution in [2.24, 2.45) is 0 Å². The van der Waals surface area contributed by atoms with Crippen LogP contribution in [0.2, 0.25) is 0 Å². The Labute approximate surface area is 62.5 Å². The van der Waals surface area contributed by atoms with Gasteiger partial charge >= 0.3 is 63.1 Å². The van der Waals surface area contributed by atoms with Crippen LogP contribution in [0, 0.1) is 0 Å². The number of nitrogens with one attached hydrogen (secondary N) is 1. The topological polar surface area (TPSA) is 12.0 Å². The molecule has 0 aromatic heterocycles. The first-order chi connectivity index (χ1) is 3.27. The second-order valence-electron chi connectivity index (χ2n) is 1.29. The number of hydrogen-bond acceptors (Lipinski definition) is 1. The molecule has 0 saturated carbocycles. The van der Waals surface area contributed by atoms with Gasteiger partial charge in [0.25, 0.3) is 0 Å². The zero-order valence-corrected chi connectivity index (χ0v) is 8.99. The van der Waals surface area contributed by atoms with Gasteiger partial charge in [0.1, 0.15) is 0 Å². The summed E-state index contributed by atoms with van der Waals surface area (Å²) >= 11 is 1.90. The molecule has 0 unspecified atom stereocenters. The van der Waals surface area contributed by atoms with Crippen LogP contribution in [0.25, 0.3) is 0 Å². The Balaban J connectivity index is 2.68. The van der Waals surface area contributed by atoms with E-state index in [4.69, 9.17) is 0 Å². The molecule has 0 aromatic carbocycles. The average molecular weight is 327 g/mol. The molecule has 0 aliphatic rings. The van der Waals surface area contributed by atoms with Crippen LogP contribution in [0.4, 0.5) is 0 Å². The Bertz CT molecular complexity index is 38.7. The Morgan fingerprint density at radius 2 is 2.29 bits per heavy atom. The van der Waals surface area contributed by atoms with Gasteiger partial charge in [-0.1, -0.05) is 0 Å². The molecule has 7 heavy (non-hydrogen) atoms. The molecule has 0 fully saturated rings. The van der Waals surface area contributed by atoms with Crippen molar-refractivity contribution in [2.75, 3.05) is 11.5 Å². The molecular formula is C4H11I2N. The Hall–Kier alpha value is 1.42. The maximum atomic E-state index is 3.44. The van der Waals surface area contributed by atoms with Crippen LogP contribution in [0.5, 0.6) is 0 Å². The van der Waals surface area contributed by atoms with Crippen LogP contribution in [-0.2, 0) is 0 Å². The molecule has 46 valence electrons. The molecule has 0 amide bonds. The van der Waals surface area contributed by atoms with Gasteiger partial charge in [0.2, 0.25) is 0 Å². The van der Waals surface area contributed by atoms with Crippen molar-refractivity contribution in [2.45, 2.75) is 13.3 Å². The zero-order valence-electron chi connectivity index (χ0n) is 4.67. The van der Waals surface area contributed by atoms with Crippen molar-refractivity contribution in [1.29, 1.82) is 0 Å². The molecule has 3 heteroatoms. The number of rotatable bonds is 3. The predicted octanol–water partition coefficient (Wildman–Crippen LogP) is 2.39. The van der Waals surface area contributed by atoms with E-state index in [0.717, 1.165) is 0 Å². The van der Waals surface area contributed by atoms with Crippen molar-refractivity contribution in [3.8, 4) is 0 Å². The number of alkyl halides is 1. The summed E-state index contributed by atoms with van der Waals surface area (Å²) in [5.74, 6) is 0. The van der Waals surface area contributed by atoms with Crippen molar-refractivity contribution < 1.29 is 0 Å². The molecule has 0 aliphatic heterocycles. The predicted molar refractivity (Wildman–Crippen MR) is 52.3 cm³/mol. The number of halogens is 2. The molecule has 1 nitrogen and oxygen atoms in total. The van der Waals surface area contributed by atoms with E-state index in [0.29, 0.717) is 0 Å². The summed E-state index contributed by atoms with van der Waals surface area (Å²) in [5.41, 5.74) is 0. The van der Waals surface area contributed by atoms with Gasteiger partial charge < -0.3 is 0 Å². The molecule has 0 heterocycles. The molecule has 0 bridgehead atoms. The van der Waals surface area contributed by atoms with Gasteiger partial charge in [-0.25, -0.2) is 0 Å². The molecular weight excluding hydrogens is 316 g/mol. The Kier molecular flexibility index (Phi) is 6.68. The summed E-state index contributed by atoms with van der Waals surface area (Å²) < 4.78 is 3.44. The second kappa shape index (κ2) is 5.55. The first-order valence-electron chi connectivity index (χ1n) is 2.27. The van der Waals surface area contributed by atoms with E-state index in [1.165, 1.54) is 13.0 Å². The van der Waals surface area contributed by atoms with E-state index in [1.54, 1.807) is 0 Å². The fourth-order valence-electron chi connectivity index (χ4n) is 0.225. The molecule has 0 radical (unpaired) electrons. The third-order valence-corrected chi connectivity index (χ3v) is 4.05. The summed E-state index contributed by atoms with van der Waals surface area (Å²) in [6, 6.07) is 0. The van der Waals surface area contributed by atoms with Gasteiger partial charge in [-0.2, -0.15) is 0 Å². The Morgan fingerprint density at radius 1 is 1.71 bits per heavy atom. The first-order valence-corrected chi connectivity index (χ1v) is 11.8. The molecule has 0 atom stereocenters. The first kappa shape index (κ1) is 8.42. The van der Waals surface area contributed by atoms with Crippen LogP contribution < -0.4 is 3.53 Å². The zero-order chi connectivity index (χ0) is 5.70. The summed E-state index contributed by atoms with van der Waals surface area (Å²) in [6.07, 6.45) is 1.27. The second-order valence-corrected chi connectivity index (χ2v) is 12.6. The SMILES string of the molecule is CCCNI(C)I. The van der Waals surface area contributed by atoms with E-state index in [1.807, 2.05) is 0 Å². The van der Waals surface area contributed by atoms with Gasteiger partial charge in [-0.15, -0.1) is 0 Å². The van der Waals surface area contributed by atoms with Crippen molar-refractivity contribution in [1.82, 2.24) is 3.53 Å². The van der Waals surface area contributed by atoms with Crippen LogP contribution in [-0.4, -0.2) is 11.5 Å². The minimum absolute atomic E-state index is 0.608. The average Bonchev–Trinajstić information content (AvgIpc) is 1.61. The van der Waals surface area contributed by atoms with E-state index in [2.05, 4.69) is 34.0 Å². The van der Waals surface area contributed by atoms with E-state index >= 15 is 0 Å².